The zero-order valence-electron chi connectivity index (χ0n) is 13.8. The second-order valence-electron chi connectivity index (χ2n) is 6.74. The van der Waals surface area contributed by atoms with Crippen molar-refractivity contribution >= 4 is 5.91 Å². The summed E-state index contributed by atoms with van der Waals surface area (Å²) >= 11 is 0. The Balaban J connectivity index is 1.79. The van der Waals surface area contributed by atoms with Gasteiger partial charge in [0.15, 0.2) is 0 Å². The minimum atomic E-state index is -0.232. The van der Waals surface area contributed by atoms with Crippen LogP contribution in [0, 0.1) is 17.7 Å². The lowest BCUT2D eigenvalue weighted by Crippen LogP contribution is -2.46. The van der Waals surface area contributed by atoms with Gasteiger partial charge in [0.05, 0.1) is 6.54 Å². The number of rotatable bonds is 5. The van der Waals surface area contributed by atoms with Gasteiger partial charge in [-0.25, -0.2) is 4.39 Å². The van der Waals surface area contributed by atoms with Crippen LogP contribution in [0.1, 0.15) is 38.7 Å². The third kappa shape index (κ3) is 4.80. The highest BCUT2D eigenvalue weighted by molar-refractivity contribution is 5.78. The molecule has 1 aliphatic carbocycles. The predicted octanol–water partition coefficient (Wildman–Crippen LogP) is 3.20. The number of hydrogen-bond acceptors (Lipinski definition) is 2. The second kappa shape index (κ2) is 7.73. The standard InChI is InChI=1S/C18H27FN2O/c1-13-5-4-6-17(14(13)2)20-18(22)12-21(3)11-15-7-9-16(19)10-8-15/h7-10,13-14,17H,4-6,11-12H2,1-3H3,(H,20,22)/t13-,14+,17-/m0/s1. The number of likely N-dealkylation sites (N-methyl/N-ethyl adjacent to an activating group) is 1. The molecule has 1 amide bonds. The number of nitrogens with one attached hydrogen (secondary N) is 1. The van der Waals surface area contributed by atoms with E-state index in [2.05, 4.69) is 19.2 Å². The molecule has 0 aliphatic heterocycles. The van der Waals surface area contributed by atoms with E-state index in [4.69, 9.17) is 0 Å². The summed E-state index contributed by atoms with van der Waals surface area (Å²) < 4.78 is 12.9. The molecule has 22 heavy (non-hydrogen) atoms. The summed E-state index contributed by atoms with van der Waals surface area (Å²) in [5.41, 5.74) is 1.01. The van der Waals surface area contributed by atoms with Crippen molar-refractivity contribution < 1.29 is 9.18 Å². The van der Waals surface area contributed by atoms with Crippen molar-refractivity contribution in [3.8, 4) is 0 Å². The van der Waals surface area contributed by atoms with Crippen LogP contribution in [0.5, 0.6) is 0 Å². The number of carbonyl (C=O) groups excluding carboxylic acids is 1. The molecular weight excluding hydrogens is 279 g/mol. The number of nitrogens with zero attached hydrogens (tertiary/aromatic N) is 1. The van der Waals surface area contributed by atoms with Crippen molar-refractivity contribution in [2.75, 3.05) is 13.6 Å². The van der Waals surface area contributed by atoms with E-state index in [1.54, 1.807) is 12.1 Å². The molecule has 3 atom stereocenters. The van der Waals surface area contributed by atoms with Gasteiger partial charge in [0, 0.05) is 12.6 Å². The minimum Gasteiger partial charge on any atom is -0.352 e. The van der Waals surface area contributed by atoms with E-state index in [-0.39, 0.29) is 11.7 Å². The van der Waals surface area contributed by atoms with E-state index < -0.39 is 0 Å². The van der Waals surface area contributed by atoms with Crippen molar-refractivity contribution in [3.63, 3.8) is 0 Å². The van der Waals surface area contributed by atoms with Gasteiger partial charge in [-0.05, 0) is 43.0 Å². The van der Waals surface area contributed by atoms with Gasteiger partial charge in [-0.2, -0.15) is 0 Å². The first kappa shape index (κ1) is 16.9. The van der Waals surface area contributed by atoms with Crippen LogP contribution in [-0.2, 0) is 11.3 Å². The predicted molar refractivity (Wildman–Crippen MR) is 86.8 cm³/mol. The maximum Gasteiger partial charge on any atom is 0.234 e. The first-order valence-corrected chi connectivity index (χ1v) is 8.18. The van der Waals surface area contributed by atoms with Crippen molar-refractivity contribution in [1.29, 1.82) is 0 Å². The maximum absolute atomic E-state index is 12.9. The molecule has 0 bridgehead atoms. The molecule has 0 unspecified atom stereocenters. The molecule has 1 N–H and O–H groups in total. The van der Waals surface area contributed by atoms with Crippen LogP contribution in [0.3, 0.4) is 0 Å². The highest BCUT2D eigenvalue weighted by Crippen LogP contribution is 2.29. The van der Waals surface area contributed by atoms with Crippen LogP contribution in [0.4, 0.5) is 4.39 Å². The topological polar surface area (TPSA) is 32.3 Å². The fraction of sp³-hybridized carbons (Fsp3) is 0.611. The molecule has 2 rings (SSSR count). The van der Waals surface area contributed by atoms with E-state index in [1.165, 1.54) is 25.0 Å². The normalized spacial score (nSPS) is 25.2. The summed E-state index contributed by atoms with van der Waals surface area (Å²) in [4.78, 5) is 14.2. The third-order valence-corrected chi connectivity index (χ3v) is 4.83. The molecule has 0 aromatic heterocycles. The van der Waals surface area contributed by atoms with Crippen LogP contribution < -0.4 is 5.32 Å². The van der Waals surface area contributed by atoms with E-state index in [1.807, 2.05) is 11.9 Å². The van der Waals surface area contributed by atoms with E-state index in [0.717, 1.165) is 12.0 Å². The molecule has 1 aliphatic rings. The van der Waals surface area contributed by atoms with Crippen LogP contribution in [0.2, 0.25) is 0 Å². The van der Waals surface area contributed by atoms with Crippen LogP contribution in [0.15, 0.2) is 24.3 Å². The lowest BCUT2D eigenvalue weighted by Gasteiger charge is -2.35. The molecule has 1 aromatic rings. The summed E-state index contributed by atoms with van der Waals surface area (Å²) in [6.45, 7) is 5.51. The largest absolute Gasteiger partial charge is 0.352 e. The summed E-state index contributed by atoms with van der Waals surface area (Å²) in [5.74, 6) is 1.07. The smallest absolute Gasteiger partial charge is 0.234 e. The summed E-state index contributed by atoms with van der Waals surface area (Å²) in [6.07, 6.45) is 3.54. The van der Waals surface area contributed by atoms with Gasteiger partial charge in [0.2, 0.25) is 5.91 Å². The number of halogens is 1. The highest BCUT2D eigenvalue weighted by atomic mass is 19.1. The number of hydrogen-bond donors (Lipinski definition) is 1. The average molecular weight is 306 g/mol. The number of carbonyl (C=O) groups is 1. The Hall–Kier alpha value is -1.42. The lowest BCUT2D eigenvalue weighted by molar-refractivity contribution is -0.123. The van der Waals surface area contributed by atoms with Crippen LogP contribution in [-0.4, -0.2) is 30.4 Å². The zero-order chi connectivity index (χ0) is 16.1. The van der Waals surface area contributed by atoms with Crippen molar-refractivity contribution in [3.05, 3.63) is 35.6 Å². The average Bonchev–Trinajstić information content (AvgIpc) is 2.46. The monoisotopic (exact) mass is 306 g/mol. The fourth-order valence-corrected chi connectivity index (χ4v) is 3.24. The van der Waals surface area contributed by atoms with Gasteiger partial charge in [-0.1, -0.05) is 38.8 Å². The first-order valence-electron chi connectivity index (χ1n) is 8.18. The Kier molecular flexibility index (Phi) is 5.95. The van der Waals surface area contributed by atoms with E-state index in [9.17, 15) is 9.18 Å². The van der Waals surface area contributed by atoms with Crippen LogP contribution in [0.25, 0.3) is 0 Å². The Morgan fingerprint density at radius 1 is 1.27 bits per heavy atom. The number of amides is 1. The Labute approximate surface area is 132 Å². The molecule has 0 radical (unpaired) electrons. The Bertz CT molecular complexity index is 488. The van der Waals surface area contributed by atoms with Gasteiger partial charge >= 0.3 is 0 Å². The highest BCUT2D eigenvalue weighted by Gasteiger charge is 2.28. The van der Waals surface area contributed by atoms with Crippen molar-refractivity contribution in [2.24, 2.45) is 11.8 Å². The Morgan fingerprint density at radius 2 is 1.95 bits per heavy atom. The maximum atomic E-state index is 12.9. The molecule has 3 nitrogen and oxygen atoms in total. The van der Waals surface area contributed by atoms with Gasteiger partial charge in [0.1, 0.15) is 5.82 Å². The molecular formula is C18H27FN2O. The zero-order valence-corrected chi connectivity index (χ0v) is 13.8. The van der Waals surface area contributed by atoms with E-state index in [0.29, 0.717) is 31.0 Å². The Morgan fingerprint density at radius 3 is 2.64 bits per heavy atom. The summed E-state index contributed by atoms with van der Waals surface area (Å²) in [7, 11) is 1.91. The molecule has 0 saturated heterocycles. The molecule has 0 spiro atoms. The third-order valence-electron chi connectivity index (χ3n) is 4.83. The lowest BCUT2D eigenvalue weighted by atomic mass is 9.78. The molecule has 1 fully saturated rings. The summed E-state index contributed by atoms with van der Waals surface area (Å²) in [5, 5.41) is 3.18. The molecule has 4 heteroatoms. The minimum absolute atomic E-state index is 0.0792. The van der Waals surface area contributed by atoms with Crippen molar-refractivity contribution in [1.82, 2.24) is 10.2 Å². The van der Waals surface area contributed by atoms with Gasteiger partial charge < -0.3 is 5.32 Å². The van der Waals surface area contributed by atoms with Crippen molar-refractivity contribution in [2.45, 2.75) is 45.7 Å². The van der Waals surface area contributed by atoms with E-state index >= 15 is 0 Å². The molecule has 1 saturated carbocycles. The van der Waals surface area contributed by atoms with Gasteiger partial charge in [-0.3, -0.25) is 9.69 Å². The fourth-order valence-electron chi connectivity index (χ4n) is 3.24. The van der Waals surface area contributed by atoms with Crippen LogP contribution >= 0.6 is 0 Å². The SMILES string of the molecule is C[C@H]1[C@@H](NC(=O)CN(C)Cc2ccc(F)cc2)CCC[C@@H]1C. The quantitative estimate of drug-likeness (QED) is 0.906. The van der Waals surface area contributed by atoms with Gasteiger partial charge in [0.25, 0.3) is 0 Å². The second-order valence-corrected chi connectivity index (χ2v) is 6.74. The molecule has 122 valence electrons. The first-order chi connectivity index (χ1) is 10.5. The molecule has 1 aromatic carbocycles. The van der Waals surface area contributed by atoms with Gasteiger partial charge in [-0.15, -0.1) is 0 Å². The summed E-state index contributed by atoms with van der Waals surface area (Å²) in [6, 6.07) is 6.72. The molecule has 0 heterocycles. The number of benzene rings is 1.